The number of phenolic OH excluding ortho intramolecular Hbond substituents is 1. The van der Waals surface area contributed by atoms with E-state index in [9.17, 15) is 9.90 Å². The van der Waals surface area contributed by atoms with Crippen LogP contribution < -0.4 is 4.74 Å². The number of hydrogen-bond acceptors (Lipinski definition) is 3. The highest BCUT2D eigenvalue weighted by atomic mass is 16.5. The number of carbonyl (C=O) groups is 1. The normalized spacial score (nSPS) is 10.1. The molecular weight excluding hydrogens is 192 g/mol. The molecule has 0 atom stereocenters. The fourth-order valence-electron chi connectivity index (χ4n) is 1.53. The summed E-state index contributed by atoms with van der Waals surface area (Å²) in [5.41, 5.74) is 0.986. The van der Waals surface area contributed by atoms with Crippen molar-refractivity contribution in [2.24, 2.45) is 0 Å². The molecule has 1 rings (SSSR count). The summed E-state index contributed by atoms with van der Waals surface area (Å²) in [6, 6.07) is 3.21. The highest BCUT2D eigenvalue weighted by molar-refractivity contribution is 5.97. The maximum Gasteiger partial charge on any atom is 0.163 e. The molecule has 0 unspecified atom stereocenters. The highest BCUT2D eigenvalue weighted by Gasteiger charge is 2.14. The number of Topliss-reactive ketones (excluding diaryl/α,β-unsaturated/α-hetero) is 1. The zero-order valence-corrected chi connectivity index (χ0v) is 9.04. The summed E-state index contributed by atoms with van der Waals surface area (Å²) in [4.78, 5) is 11.2. The lowest BCUT2D eigenvalue weighted by molar-refractivity contribution is 0.101. The Hall–Kier alpha value is -1.51. The Bertz CT molecular complexity index is 369. The second-order valence-corrected chi connectivity index (χ2v) is 3.39. The molecule has 0 heterocycles. The van der Waals surface area contributed by atoms with Gasteiger partial charge in [-0.25, -0.2) is 0 Å². The van der Waals surface area contributed by atoms with Crippen molar-refractivity contribution in [1.82, 2.24) is 0 Å². The van der Waals surface area contributed by atoms with Gasteiger partial charge in [-0.15, -0.1) is 0 Å². The van der Waals surface area contributed by atoms with Crippen LogP contribution in [0.5, 0.6) is 11.5 Å². The lowest BCUT2D eigenvalue weighted by atomic mass is 10.0. The van der Waals surface area contributed by atoms with Gasteiger partial charge in [0.2, 0.25) is 0 Å². The fourth-order valence-corrected chi connectivity index (χ4v) is 1.53. The van der Waals surface area contributed by atoms with E-state index in [0.29, 0.717) is 23.3 Å². The molecule has 1 radical (unpaired) electrons. The number of carbonyl (C=O) groups excluding carboxylic acids is 1. The predicted molar refractivity (Wildman–Crippen MR) is 58.1 cm³/mol. The molecule has 0 aliphatic rings. The van der Waals surface area contributed by atoms with Crippen LogP contribution in [0.15, 0.2) is 12.1 Å². The summed E-state index contributed by atoms with van der Waals surface area (Å²) in [6.45, 7) is 3.42. The SMILES string of the molecule is [CH2]Oc1ccc(C(C)=O)c(O)c1CCC. The van der Waals surface area contributed by atoms with E-state index in [-0.39, 0.29) is 11.5 Å². The van der Waals surface area contributed by atoms with Crippen molar-refractivity contribution in [1.29, 1.82) is 0 Å². The molecule has 0 bridgehead atoms. The molecule has 1 aromatic rings. The third-order valence-corrected chi connectivity index (χ3v) is 2.27. The molecule has 0 saturated carbocycles. The molecule has 0 saturated heterocycles. The van der Waals surface area contributed by atoms with Gasteiger partial charge < -0.3 is 9.84 Å². The number of ether oxygens (including phenoxy) is 1. The molecule has 0 aliphatic carbocycles. The van der Waals surface area contributed by atoms with Crippen LogP contribution in [0.1, 0.15) is 36.2 Å². The summed E-state index contributed by atoms with van der Waals surface area (Å²) in [5, 5.41) is 9.87. The van der Waals surface area contributed by atoms with Crippen LogP contribution in [0, 0.1) is 7.11 Å². The molecule has 3 nitrogen and oxygen atoms in total. The summed E-state index contributed by atoms with van der Waals surface area (Å²) in [7, 11) is 3.32. The summed E-state index contributed by atoms with van der Waals surface area (Å²) >= 11 is 0. The van der Waals surface area contributed by atoms with Gasteiger partial charge in [-0.1, -0.05) is 13.3 Å². The Morgan fingerprint density at radius 2 is 2.20 bits per heavy atom. The Morgan fingerprint density at radius 1 is 1.53 bits per heavy atom. The number of benzene rings is 1. The average molecular weight is 207 g/mol. The fraction of sp³-hybridized carbons (Fsp3) is 0.333. The van der Waals surface area contributed by atoms with E-state index in [1.165, 1.54) is 6.92 Å². The van der Waals surface area contributed by atoms with Gasteiger partial charge >= 0.3 is 0 Å². The van der Waals surface area contributed by atoms with Crippen LogP contribution in [-0.2, 0) is 6.42 Å². The lowest BCUT2D eigenvalue weighted by Gasteiger charge is -2.11. The molecule has 81 valence electrons. The van der Waals surface area contributed by atoms with Gasteiger partial charge in [0.1, 0.15) is 18.6 Å². The zero-order chi connectivity index (χ0) is 11.4. The first-order chi connectivity index (χ1) is 7.11. The first-order valence-corrected chi connectivity index (χ1v) is 4.89. The van der Waals surface area contributed by atoms with Crippen LogP contribution in [0.25, 0.3) is 0 Å². The Kier molecular flexibility index (Phi) is 3.72. The Labute approximate surface area is 89.7 Å². The first kappa shape index (κ1) is 11.6. The molecule has 15 heavy (non-hydrogen) atoms. The van der Waals surface area contributed by atoms with E-state index in [2.05, 4.69) is 7.11 Å². The van der Waals surface area contributed by atoms with Crippen LogP contribution in [-0.4, -0.2) is 10.9 Å². The number of rotatable bonds is 4. The second-order valence-electron chi connectivity index (χ2n) is 3.39. The zero-order valence-electron chi connectivity index (χ0n) is 9.04. The van der Waals surface area contributed by atoms with Crippen molar-refractivity contribution in [2.75, 3.05) is 0 Å². The lowest BCUT2D eigenvalue weighted by Crippen LogP contribution is -1.98. The smallest absolute Gasteiger partial charge is 0.163 e. The summed E-state index contributed by atoms with van der Waals surface area (Å²) < 4.78 is 4.89. The minimum Gasteiger partial charge on any atom is -0.507 e. The highest BCUT2D eigenvalue weighted by Crippen LogP contribution is 2.32. The van der Waals surface area contributed by atoms with Gasteiger partial charge in [0.05, 0.1) is 5.56 Å². The Morgan fingerprint density at radius 3 is 2.67 bits per heavy atom. The quantitative estimate of drug-likeness (QED) is 0.772. The van der Waals surface area contributed by atoms with Crippen molar-refractivity contribution < 1.29 is 14.6 Å². The third-order valence-electron chi connectivity index (χ3n) is 2.27. The van der Waals surface area contributed by atoms with Gasteiger partial charge in [0.25, 0.3) is 0 Å². The monoisotopic (exact) mass is 207 g/mol. The molecule has 1 N–H and O–H groups in total. The number of aromatic hydroxyl groups is 1. The average Bonchev–Trinajstić information content (AvgIpc) is 2.20. The van der Waals surface area contributed by atoms with Gasteiger partial charge in [-0.3, -0.25) is 4.79 Å². The topological polar surface area (TPSA) is 46.5 Å². The van der Waals surface area contributed by atoms with Crippen molar-refractivity contribution in [3.8, 4) is 11.5 Å². The molecule has 0 fully saturated rings. The van der Waals surface area contributed by atoms with E-state index < -0.39 is 0 Å². The van der Waals surface area contributed by atoms with Crippen LogP contribution in [0.3, 0.4) is 0 Å². The largest absolute Gasteiger partial charge is 0.507 e. The maximum atomic E-state index is 11.2. The van der Waals surface area contributed by atoms with Crippen LogP contribution in [0.4, 0.5) is 0 Å². The second kappa shape index (κ2) is 4.82. The molecule has 1 aromatic carbocycles. The van der Waals surface area contributed by atoms with Crippen molar-refractivity contribution in [3.63, 3.8) is 0 Å². The van der Waals surface area contributed by atoms with Crippen molar-refractivity contribution in [3.05, 3.63) is 30.4 Å². The number of phenols is 1. The molecule has 0 spiro atoms. The molecule has 0 aromatic heterocycles. The van der Waals surface area contributed by atoms with Gasteiger partial charge in [-0.05, 0) is 25.5 Å². The van der Waals surface area contributed by atoms with Gasteiger partial charge in [-0.2, -0.15) is 0 Å². The van der Waals surface area contributed by atoms with Gasteiger partial charge in [0.15, 0.2) is 5.78 Å². The van der Waals surface area contributed by atoms with Crippen molar-refractivity contribution in [2.45, 2.75) is 26.7 Å². The van der Waals surface area contributed by atoms with Crippen LogP contribution >= 0.6 is 0 Å². The standard InChI is InChI=1S/C12H15O3/c1-4-5-10-11(15-3)7-6-9(8(2)13)12(10)14/h6-7,14H,3-5H2,1-2H3. The van der Waals surface area contributed by atoms with Crippen LogP contribution in [0.2, 0.25) is 0 Å². The van der Waals surface area contributed by atoms with Gasteiger partial charge in [0, 0.05) is 5.56 Å². The molecular formula is C12H15O3. The summed E-state index contributed by atoms with van der Waals surface area (Å²) in [6.07, 6.45) is 1.53. The number of ketones is 1. The third kappa shape index (κ3) is 2.29. The Balaban J connectivity index is 3.28. The van der Waals surface area contributed by atoms with E-state index in [4.69, 9.17) is 4.74 Å². The molecule has 0 amide bonds. The molecule has 3 heteroatoms. The van der Waals surface area contributed by atoms with E-state index in [1.54, 1.807) is 12.1 Å². The van der Waals surface area contributed by atoms with E-state index >= 15 is 0 Å². The minimum atomic E-state index is -0.152. The number of hydrogen-bond donors (Lipinski definition) is 1. The maximum absolute atomic E-state index is 11.2. The van der Waals surface area contributed by atoms with E-state index in [1.807, 2.05) is 6.92 Å². The van der Waals surface area contributed by atoms with Crippen molar-refractivity contribution >= 4 is 5.78 Å². The minimum absolute atomic E-state index is 0.0190. The predicted octanol–water partition coefficient (Wildman–Crippen LogP) is 2.72. The summed E-state index contributed by atoms with van der Waals surface area (Å²) in [5.74, 6) is 0.394. The first-order valence-electron chi connectivity index (χ1n) is 4.89. The molecule has 0 aliphatic heterocycles. The van der Waals surface area contributed by atoms with E-state index in [0.717, 1.165) is 6.42 Å².